The van der Waals surface area contributed by atoms with E-state index in [9.17, 15) is 14.2 Å². The molecule has 4 aliphatic carbocycles. The van der Waals surface area contributed by atoms with Gasteiger partial charge in [-0.15, -0.1) is 0 Å². The number of allylic oxidation sites excluding steroid dienone is 4. The molecule has 0 N–H and O–H groups in total. The number of carbonyl (C=O) groups excluding carboxylic acids is 2. The van der Waals surface area contributed by atoms with Crippen LogP contribution in [0.2, 0.25) is 0 Å². The molecule has 3 aromatic carbocycles. The minimum absolute atomic E-state index is 0.0611. The molecule has 4 atom stereocenters. The molecule has 0 aliphatic heterocycles. The van der Waals surface area contributed by atoms with E-state index in [4.69, 9.17) is 9.05 Å². The molecular weight excluding hydrogens is 579 g/mol. The van der Waals surface area contributed by atoms with E-state index in [1.807, 2.05) is 78.9 Å². The number of Topliss-reactive ketones (excluding diaryl/α,β-unsaturated/α-hetero) is 1. The van der Waals surface area contributed by atoms with Crippen molar-refractivity contribution in [2.45, 2.75) is 77.9 Å². The van der Waals surface area contributed by atoms with E-state index in [2.05, 4.69) is 26.0 Å². The van der Waals surface area contributed by atoms with Crippen LogP contribution in [0.3, 0.4) is 0 Å². The van der Waals surface area contributed by atoms with E-state index in [-0.39, 0.29) is 30.3 Å². The molecule has 0 amide bonds. The summed E-state index contributed by atoms with van der Waals surface area (Å²) in [6, 6.07) is 27.3. The fourth-order valence-corrected chi connectivity index (χ4v) is 10.1. The lowest BCUT2D eigenvalue weighted by atomic mass is 9.47. The maximum Gasteiger partial charge on any atom is 0.361 e. The van der Waals surface area contributed by atoms with Crippen molar-refractivity contribution in [1.82, 2.24) is 0 Å². The molecule has 2 saturated carbocycles. The minimum Gasteiger partial charge on any atom is -0.300 e. The first kappa shape index (κ1) is 30.3. The van der Waals surface area contributed by atoms with Crippen LogP contribution in [0.4, 0.5) is 0 Å². The molecule has 0 radical (unpaired) electrons. The first-order valence-electron chi connectivity index (χ1n) is 16.3. The van der Waals surface area contributed by atoms with Gasteiger partial charge in [-0.1, -0.05) is 92.2 Å². The van der Waals surface area contributed by atoms with Gasteiger partial charge in [-0.3, -0.25) is 14.2 Å². The molecule has 4 aliphatic rings. The van der Waals surface area contributed by atoms with Crippen molar-refractivity contribution < 1.29 is 23.2 Å². The van der Waals surface area contributed by atoms with Crippen molar-refractivity contribution in [3.8, 4) is 0 Å². The van der Waals surface area contributed by atoms with Gasteiger partial charge in [0, 0.05) is 24.2 Å². The van der Waals surface area contributed by atoms with Gasteiger partial charge in [-0.25, -0.2) is 0 Å². The Bertz CT molecular complexity index is 1680. The highest BCUT2D eigenvalue weighted by Gasteiger charge is 2.63. The minimum atomic E-state index is -3.69. The fourth-order valence-electron chi connectivity index (χ4n) is 8.60. The van der Waals surface area contributed by atoms with Crippen molar-refractivity contribution in [2.75, 3.05) is 0 Å². The van der Waals surface area contributed by atoms with E-state index < -0.39 is 13.0 Å². The van der Waals surface area contributed by atoms with Crippen molar-refractivity contribution >= 4 is 24.5 Å². The highest BCUT2D eigenvalue weighted by Crippen LogP contribution is 2.68. The summed E-state index contributed by atoms with van der Waals surface area (Å²) in [7, 11) is -3.69. The Hall–Kier alpha value is -3.37. The van der Waals surface area contributed by atoms with Crippen molar-refractivity contribution in [2.24, 2.45) is 16.7 Å². The number of hydrogen-bond acceptors (Lipinski definition) is 5. The van der Waals surface area contributed by atoms with Crippen molar-refractivity contribution in [3.05, 3.63) is 124 Å². The predicted octanol–water partition coefficient (Wildman–Crippen LogP) is 8.80. The average molecular weight is 621 g/mol. The van der Waals surface area contributed by atoms with Crippen LogP contribution in [-0.2, 0) is 36.4 Å². The second-order valence-corrected chi connectivity index (χ2v) is 15.7. The van der Waals surface area contributed by atoms with Crippen LogP contribution >= 0.6 is 7.60 Å². The predicted molar refractivity (Wildman–Crippen MR) is 176 cm³/mol. The van der Waals surface area contributed by atoms with E-state index in [0.29, 0.717) is 29.8 Å². The summed E-state index contributed by atoms with van der Waals surface area (Å²) < 4.78 is 26.7. The van der Waals surface area contributed by atoms with Gasteiger partial charge in [0.05, 0.1) is 18.5 Å². The van der Waals surface area contributed by atoms with E-state index in [0.717, 1.165) is 48.8 Å². The maximum absolute atomic E-state index is 14.4. The largest absolute Gasteiger partial charge is 0.361 e. The first-order valence-corrected chi connectivity index (χ1v) is 17.8. The molecule has 0 saturated heterocycles. The van der Waals surface area contributed by atoms with Crippen LogP contribution < -0.4 is 5.30 Å². The van der Waals surface area contributed by atoms with Crippen molar-refractivity contribution in [3.63, 3.8) is 0 Å². The normalized spacial score (nSPS) is 27.9. The lowest BCUT2D eigenvalue weighted by molar-refractivity contribution is -0.132. The van der Waals surface area contributed by atoms with Crippen LogP contribution in [-0.4, -0.2) is 11.6 Å². The van der Waals surface area contributed by atoms with Crippen LogP contribution in [0.1, 0.15) is 81.4 Å². The van der Waals surface area contributed by atoms with E-state index in [1.54, 1.807) is 0 Å². The first-order chi connectivity index (χ1) is 21.7. The third kappa shape index (κ3) is 5.33. The van der Waals surface area contributed by atoms with Gasteiger partial charge in [0.1, 0.15) is 5.78 Å². The Balaban J connectivity index is 1.25. The van der Waals surface area contributed by atoms with Crippen LogP contribution in [0, 0.1) is 16.7 Å². The maximum atomic E-state index is 14.4. The molecule has 2 fully saturated rings. The summed E-state index contributed by atoms with van der Waals surface area (Å²) >= 11 is 0. The fraction of sp³-hybridized carbons (Fsp3) is 0.385. The monoisotopic (exact) mass is 620 g/mol. The Morgan fingerprint density at radius 2 is 1.40 bits per heavy atom. The quantitative estimate of drug-likeness (QED) is 0.236. The molecule has 6 heteroatoms. The molecule has 232 valence electrons. The zero-order chi connectivity index (χ0) is 31.2. The lowest BCUT2D eigenvalue weighted by Crippen LogP contribution is -2.50. The molecule has 0 aromatic heterocycles. The van der Waals surface area contributed by atoms with Gasteiger partial charge in [0.2, 0.25) is 0 Å². The second kappa shape index (κ2) is 11.8. The average Bonchev–Trinajstić information content (AvgIpc) is 3.31. The number of fused-ring (bicyclic) bond motifs is 4. The van der Waals surface area contributed by atoms with Gasteiger partial charge in [-0.2, -0.15) is 0 Å². The molecular formula is C39H41O5P. The van der Waals surface area contributed by atoms with E-state index in [1.165, 1.54) is 16.7 Å². The Kier molecular flexibility index (Phi) is 7.92. The number of carbonyl (C=O) groups is 2. The third-order valence-electron chi connectivity index (χ3n) is 11.4. The van der Waals surface area contributed by atoms with E-state index >= 15 is 0 Å². The molecule has 0 heterocycles. The summed E-state index contributed by atoms with van der Waals surface area (Å²) in [5, 5.41) is 0.517. The third-order valence-corrected chi connectivity index (χ3v) is 13.2. The van der Waals surface area contributed by atoms with Crippen molar-refractivity contribution in [1.29, 1.82) is 0 Å². The number of rotatable bonds is 8. The van der Waals surface area contributed by atoms with Gasteiger partial charge in [0.25, 0.3) is 0 Å². The summed E-state index contributed by atoms with van der Waals surface area (Å²) in [4.78, 5) is 25.9. The topological polar surface area (TPSA) is 69.7 Å². The van der Waals surface area contributed by atoms with Gasteiger partial charge < -0.3 is 9.05 Å². The number of hydrogen-bond donors (Lipinski definition) is 0. The molecule has 0 bridgehead atoms. The smallest absolute Gasteiger partial charge is 0.300 e. The lowest BCUT2D eigenvalue weighted by Gasteiger charge is -2.56. The standard InChI is InChI=1S/C39H41O5P/c1-38-22-21-36(41)39(38,2)24-34(37-33-19-16-31(40)23-30(33)15-20-35(37)38)29-13-17-32(18-14-29)45(42,43-25-27-9-5-3-6-10-27)44-26-28-11-7-4-8-12-28/h3-14,17-18,23,34-35H,15-16,19-22,24-26H2,1-2H3/t34-,35-,38+,39-/m1/s1. The SMILES string of the molecule is C[C@@]12CCC(=O)[C@@]1(C)C[C@H](c1ccc(P(=O)(OCc3ccccc3)OCc3ccccc3)cc1)C1=C3CCC(=O)C=C3CC[C@H]12. The summed E-state index contributed by atoms with van der Waals surface area (Å²) in [5.41, 5.74) is 6.46. The molecule has 45 heavy (non-hydrogen) atoms. The van der Waals surface area contributed by atoms with Gasteiger partial charge in [-0.05, 0) is 89.5 Å². The molecule has 0 unspecified atom stereocenters. The molecule has 0 spiro atoms. The zero-order valence-electron chi connectivity index (χ0n) is 26.2. The van der Waals surface area contributed by atoms with Gasteiger partial charge >= 0.3 is 7.60 Å². The Labute approximate surface area is 266 Å². The van der Waals surface area contributed by atoms with Gasteiger partial charge in [0.15, 0.2) is 5.78 Å². The van der Waals surface area contributed by atoms with Crippen LogP contribution in [0.25, 0.3) is 0 Å². The highest BCUT2D eigenvalue weighted by molar-refractivity contribution is 7.62. The molecule has 5 nitrogen and oxygen atoms in total. The molecule has 7 rings (SSSR count). The summed E-state index contributed by atoms with van der Waals surface area (Å²) in [6.07, 6.45) is 7.40. The number of ketones is 2. The summed E-state index contributed by atoms with van der Waals surface area (Å²) in [6.45, 7) is 4.88. The zero-order valence-corrected chi connectivity index (χ0v) is 27.1. The summed E-state index contributed by atoms with van der Waals surface area (Å²) in [5.74, 6) is 0.968. The second-order valence-electron chi connectivity index (χ2n) is 13.7. The highest BCUT2D eigenvalue weighted by atomic mass is 31.2. The number of benzene rings is 3. The Morgan fingerprint density at radius 1 is 0.778 bits per heavy atom. The van der Waals surface area contributed by atoms with Crippen LogP contribution in [0.5, 0.6) is 0 Å². The molecule has 3 aromatic rings. The Morgan fingerprint density at radius 3 is 2.02 bits per heavy atom. The van der Waals surface area contributed by atoms with Crippen LogP contribution in [0.15, 0.2) is 108 Å².